The minimum atomic E-state index is -0.183. The molecular weight excluding hydrogens is 380 g/mol. The van der Waals surface area contributed by atoms with Gasteiger partial charge in [0.25, 0.3) is 11.5 Å². The average molecular weight is 401 g/mol. The maximum absolute atomic E-state index is 13.0. The van der Waals surface area contributed by atoms with E-state index in [4.69, 9.17) is 11.6 Å². The van der Waals surface area contributed by atoms with E-state index in [1.165, 1.54) is 19.3 Å². The smallest absolute Gasteiger partial charge is 0.255 e. The standard InChI is InChI=1S/C20H21ClN4O3/c1-12(26)23-9-18-15-5-14(17-3-2-4-19(27)25(17)18)10-24(11-15)20(28)13-6-16(21)8-22-7-13/h2-4,6-8,14-15,18H,5,9-11H2,1H3,(H,23,26)/t14-,15+,18+/m1/s1. The minimum absolute atomic E-state index is 0.0682. The molecule has 2 aliphatic heterocycles. The Kier molecular flexibility index (Phi) is 4.93. The van der Waals surface area contributed by atoms with Crippen LogP contribution in [0.5, 0.6) is 0 Å². The lowest BCUT2D eigenvalue weighted by Crippen LogP contribution is -2.53. The number of pyridine rings is 2. The van der Waals surface area contributed by atoms with Crippen LogP contribution in [-0.2, 0) is 4.79 Å². The number of halogens is 1. The first-order valence-corrected chi connectivity index (χ1v) is 9.67. The number of aromatic nitrogens is 2. The van der Waals surface area contributed by atoms with Crippen LogP contribution >= 0.6 is 11.6 Å². The van der Waals surface area contributed by atoms with Gasteiger partial charge in [-0.2, -0.15) is 0 Å². The summed E-state index contributed by atoms with van der Waals surface area (Å²) in [7, 11) is 0. The van der Waals surface area contributed by atoms with E-state index in [1.54, 1.807) is 22.8 Å². The van der Waals surface area contributed by atoms with Crippen LogP contribution in [0.3, 0.4) is 0 Å². The number of rotatable bonds is 3. The van der Waals surface area contributed by atoms with Crippen molar-refractivity contribution in [1.29, 1.82) is 0 Å². The highest BCUT2D eigenvalue weighted by atomic mass is 35.5. The number of nitrogens with one attached hydrogen (secondary N) is 1. The Labute approximate surface area is 167 Å². The normalized spacial score (nSPS) is 23.1. The van der Waals surface area contributed by atoms with Gasteiger partial charge in [-0.05, 0) is 24.5 Å². The number of fused-ring (bicyclic) bond motifs is 4. The molecule has 0 radical (unpaired) electrons. The van der Waals surface area contributed by atoms with Crippen LogP contribution in [0.25, 0.3) is 0 Å². The number of amides is 2. The second-order valence-electron chi connectivity index (χ2n) is 7.46. The highest BCUT2D eigenvalue weighted by Crippen LogP contribution is 2.41. The molecular formula is C20H21ClN4O3. The highest BCUT2D eigenvalue weighted by Gasteiger charge is 2.41. The van der Waals surface area contributed by atoms with Crippen molar-refractivity contribution < 1.29 is 9.59 Å². The molecule has 0 saturated carbocycles. The molecule has 0 unspecified atom stereocenters. The van der Waals surface area contributed by atoms with E-state index in [0.29, 0.717) is 30.2 Å². The van der Waals surface area contributed by atoms with Crippen molar-refractivity contribution in [2.24, 2.45) is 5.92 Å². The van der Waals surface area contributed by atoms with E-state index >= 15 is 0 Å². The highest BCUT2D eigenvalue weighted by molar-refractivity contribution is 6.30. The van der Waals surface area contributed by atoms with Crippen LogP contribution in [0.15, 0.2) is 41.5 Å². The summed E-state index contributed by atoms with van der Waals surface area (Å²) in [6.07, 6.45) is 3.90. The first kappa shape index (κ1) is 18.7. The third kappa shape index (κ3) is 3.42. The maximum Gasteiger partial charge on any atom is 0.255 e. The lowest BCUT2D eigenvalue weighted by atomic mass is 9.78. The summed E-state index contributed by atoms with van der Waals surface area (Å²) < 4.78 is 1.80. The zero-order chi connectivity index (χ0) is 19.8. The number of hydrogen-bond donors (Lipinski definition) is 1. The molecule has 2 amide bonds. The number of carbonyl (C=O) groups excluding carboxylic acids is 2. The summed E-state index contributed by atoms with van der Waals surface area (Å²) in [6.45, 7) is 2.89. The first-order chi connectivity index (χ1) is 13.4. The molecule has 3 atom stereocenters. The summed E-state index contributed by atoms with van der Waals surface area (Å²) in [4.78, 5) is 42.9. The van der Waals surface area contributed by atoms with Crippen LogP contribution in [0.2, 0.25) is 5.02 Å². The van der Waals surface area contributed by atoms with Gasteiger partial charge in [0.2, 0.25) is 5.91 Å². The average Bonchev–Trinajstić information content (AvgIpc) is 2.67. The Morgan fingerprint density at radius 3 is 2.86 bits per heavy atom. The number of hydrogen-bond acceptors (Lipinski definition) is 4. The third-order valence-corrected chi connectivity index (χ3v) is 5.80. The second kappa shape index (κ2) is 7.39. The van der Waals surface area contributed by atoms with Crippen LogP contribution < -0.4 is 10.9 Å². The molecule has 2 aromatic heterocycles. The molecule has 2 aromatic rings. The second-order valence-corrected chi connectivity index (χ2v) is 7.89. The summed E-state index contributed by atoms with van der Waals surface area (Å²) >= 11 is 5.99. The molecule has 0 aliphatic carbocycles. The number of nitrogens with zero attached hydrogens (tertiary/aromatic N) is 3. The molecule has 1 fully saturated rings. The fraction of sp³-hybridized carbons (Fsp3) is 0.400. The largest absolute Gasteiger partial charge is 0.354 e. The van der Waals surface area contributed by atoms with Gasteiger partial charge in [-0.15, -0.1) is 0 Å². The van der Waals surface area contributed by atoms with Crippen LogP contribution in [0.4, 0.5) is 0 Å². The molecule has 7 nitrogen and oxygen atoms in total. The van der Waals surface area contributed by atoms with Gasteiger partial charge >= 0.3 is 0 Å². The lowest BCUT2D eigenvalue weighted by molar-refractivity contribution is -0.119. The van der Waals surface area contributed by atoms with Gasteiger partial charge in [-0.3, -0.25) is 19.4 Å². The topological polar surface area (TPSA) is 84.3 Å². The third-order valence-electron chi connectivity index (χ3n) is 5.60. The Balaban J connectivity index is 1.67. The molecule has 4 rings (SSSR count). The molecule has 2 bridgehead atoms. The van der Waals surface area contributed by atoms with Gasteiger partial charge in [0.15, 0.2) is 0 Å². The number of carbonyl (C=O) groups is 2. The maximum atomic E-state index is 13.0. The van der Waals surface area contributed by atoms with Gasteiger partial charge in [0, 0.05) is 56.6 Å². The van der Waals surface area contributed by atoms with Gasteiger partial charge in [0.05, 0.1) is 16.6 Å². The Hall–Kier alpha value is -2.67. The Morgan fingerprint density at radius 1 is 1.29 bits per heavy atom. The first-order valence-electron chi connectivity index (χ1n) is 9.29. The van der Waals surface area contributed by atoms with Crippen LogP contribution in [-0.4, -0.2) is 45.9 Å². The summed E-state index contributed by atoms with van der Waals surface area (Å²) in [6, 6.07) is 6.68. The zero-order valence-corrected chi connectivity index (χ0v) is 16.2. The molecule has 4 heterocycles. The van der Waals surface area contributed by atoms with Gasteiger partial charge in [0.1, 0.15) is 0 Å². The van der Waals surface area contributed by atoms with E-state index in [2.05, 4.69) is 10.3 Å². The molecule has 2 aliphatic rings. The molecule has 146 valence electrons. The van der Waals surface area contributed by atoms with Gasteiger partial charge in [-0.1, -0.05) is 17.7 Å². The number of likely N-dealkylation sites (tertiary alicyclic amines) is 1. The Bertz CT molecular complexity index is 989. The van der Waals surface area contributed by atoms with E-state index in [-0.39, 0.29) is 35.3 Å². The summed E-state index contributed by atoms with van der Waals surface area (Å²) in [5.41, 5.74) is 1.30. The minimum Gasteiger partial charge on any atom is -0.354 e. The van der Waals surface area contributed by atoms with Gasteiger partial charge in [-0.25, -0.2) is 0 Å². The molecule has 0 spiro atoms. The molecule has 1 N–H and O–H groups in total. The number of piperidine rings is 1. The predicted molar refractivity (Wildman–Crippen MR) is 104 cm³/mol. The van der Waals surface area contributed by atoms with Crippen LogP contribution in [0, 0.1) is 5.92 Å². The van der Waals surface area contributed by atoms with Crippen molar-refractivity contribution in [3.05, 3.63) is 63.3 Å². The van der Waals surface area contributed by atoms with Crippen molar-refractivity contribution in [2.45, 2.75) is 25.3 Å². The molecule has 0 aromatic carbocycles. The molecule has 8 heteroatoms. The molecule has 28 heavy (non-hydrogen) atoms. The molecule has 1 saturated heterocycles. The predicted octanol–water partition coefficient (Wildman–Crippen LogP) is 1.83. The van der Waals surface area contributed by atoms with E-state index in [9.17, 15) is 14.4 Å². The van der Waals surface area contributed by atoms with Crippen molar-refractivity contribution in [2.75, 3.05) is 19.6 Å². The van der Waals surface area contributed by atoms with Crippen LogP contribution in [0.1, 0.15) is 41.4 Å². The summed E-state index contributed by atoms with van der Waals surface area (Å²) in [5.74, 6) is -0.0947. The fourth-order valence-corrected chi connectivity index (χ4v) is 4.60. The Morgan fingerprint density at radius 2 is 2.11 bits per heavy atom. The quantitative estimate of drug-likeness (QED) is 0.851. The lowest BCUT2D eigenvalue weighted by Gasteiger charge is -2.47. The zero-order valence-electron chi connectivity index (χ0n) is 15.5. The van der Waals surface area contributed by atoms with Crippen molar-refractivity contribution in [3.8, 4) is 0 Å². The van der Waals surface area contributed by atoms with Gasteiger partial charge < -0.3 is 14.8 Å². The fourth-order valence-electron chi connectivity index (χ4n) is 4.43. The monoisotopic (exact) mass is 400 g/mol. The van der Waals surface area contributed by atoms with Crippen molar-refractivity contribution in [3.63, 3.8) is 0 Å². The summed E-state index contributed by atoms with van der Waals surface area (Å²) in [5, 5.41) is 3.26. The van der Waals surface area contributed by atoms with E-state index in [1.807, 2.05) is 11.0 Å². The van der Waals surface area contributed by atoms with Crippen molar-refractivity contribution >= 4 is 23.4 Å². The van der Waals surface area contributed by atoms with E-state index in [0.717, 1.165) is 12.1 Å². The van der Waals surface area contributed by atoms with E-state index < -0.39 is 0 Å². The SMILES string of the molecule is CC(=O)NC[C@H]1[C@H]2C[C@H](CN(C(=O)c3cncc(Cl)c3)C2)c2cccc(=O)n21. The van der Waals surface area contributed by atoms with Crippen molar-refractivity contribution in [1.82, 2.24) is 19.8 Å².